The van der Waals surface area contributed by atoms with Crippen LogP contribution in [0.5, 0.6) is 0 Å². The van der Waals surface area contributed by atoms with Gasteiger partial charge >= 0.3 is 5.97 Å². The standard InChI is InChI=1S/C8H13NO2/c1-11-7(10)6-4-8(9)2-5(6)3-8/h5-6H,2-4,9H2,1H3/t5?,6-,8?/m1/s1. The molecule has 0 heterocycles. The number of methoxy groups -OCH3 is 1. The summed E-state index contributed by atoms with van der Waals surface area (Å²) in [4.78, 5) is 11.1. The van der Waals surface area contributed by atoms with Gasteiger partial charge in [-0.3, -0.25) is 4.79 Å². The Bertz CT molecular complexity index is 196. The quantitative estimate of drug-likeness (QED) is 0.553. The van der Waals surface area contributed by atoms with Crippen LogP contribution in [0.1, 0.15) is 19.3 Å². The van der Waals surface area contributed by atoms with Crippen LogP contribution >= 0.6 is 0 Å². The van der Waals surface area contributed by atoms with Crippen LogP contribution in [0.4, 0.5) is 0 Å². The van der Waals surface area contributed by atoms with Crippen molar-refractivity contribution < 1.29 is 9.53 Å². The molecule has 1 atom stereocenters. The van der Waals surface area contributed by atoms with E-state index in [2.05, 4.69) is 4.74 Å². The molecule has 3 aliphatic carbocycles. The van der Waals surface area contributed by atoms with Crippen LogP contribution in [0.3, 0.4) is 0 Å². The van der Waals surface area contributed by atoms with Crippen LogP contribution in [0.2, 0.25) is 0 Å². The van der Waals surface area contributed by atoms with Gasteiger partial charge in [0.15, 0.2) is 0 Å². The molecule has 3 saturated carbocycles. The molecule has 0 aromatic heterocycles. The maximum Gasteiger partial charge on any atom is 0.309 e. The minimum atomic E-state index is -0.0696. The number of carbonyl (C=O) groups excluding carboxylic acids is 1. The number of fused-ring (bicyclic) bond motifs is 1. The average molecular weight is 155 g/mol. The fourth-order valence-electron chi connectivity index (χ4n) is 2.47. The fourth-order valence-corrected chi connectivity index (χ4v) is 2.47. The molecule has 11 heavy (non-hydrogen) atoms. The summed E-state index contributed by atoms with van der Waals surface area (Å²) in [6.45, 7) is 0. The molecule has 0 aromatic rings. The zero-order valence-corrected chi connectivity index (χ0v) is 6.67. The summed E-state index contributed by atoms with van der Waals surface area (Å²) < 4.78 is 4.68. The molecule has 0 unspecified atom stereocenters. The summed E-state index contributed by atoms with van der Waals surface area (Å²) in [7, 11) is 1.45. The van der Waals surface area contributed by atoms with Crippen LogP contribution < -0.4 is 5.73 Å². The monoisotopic (exact) mass is 155 g/mol. The first-order valence-electron chi connectivity index (χ1n) is 4.01. The number of hydrogen-bond donors (Lipinski definition) is 1. The van der Waals surface area contributed by atoms with Gasteiger partial charge < -0.3 is 10.5 Å². The second-order valence-corrected chi connectivity index (χ2v) is 3.86. The van der Waals surface area contributed by atoms with Crippen LogP contribution in [0, 0.1) is 11.8 Å². The van der Waals surface area contributed by atoms with Crippen molar-refractivity contribution in [1.82, 2.24) is 0 Å². The minimum absolute atomic E-state index is 0.0104. The van der Waals surface area contributed by atoms with Gasteiger partial charge in [0.05, 0.1) is 13.0 Å². The maximum absolute atomic E-state index is 11.1. The Balaban J connectivity index is 2.05. The highest BCUT2D eigenvalue weighted by Gasteiger charge is 2.56. The second-order valence-electron chi connectivity index (χ2n) is 3.86. The van der Waals surface area contributed by atoms with Crippen molar-refractivity contribution in [3.05, 3.63) is 0 Å². The summed E-state index contributed by atoms with van der Waals surface area (Å²) in [5, 5.41) is 0. The van der Waals surface area contributed by atoms with E-state index in [0.29, 0.717) is 5.92 Å². The van der Waals surface area contributed by atoms with Gasteiger partial charge in [-0.05, 0) is 25.2 Å². The molecule has 0 aromatic carbocycles. The summed E-state index contributed by atoms with van der Waals surface area (Å²) in [5.74, 6) is 0.553. The van der Waals surface area contributed by atoms with Crippen molar-refractivity contribution in [1.29, 1.82) is 0 Å². The molecule has 2 N–H and O–H groups in total. The van der Waals surface area contributed by atoms with Crippen molar-refractivity contribution in [2.24, 2.45) is 17.6 Å². The van der Waals surface area contributed by atoms with E-state index in [9.17, 15) is 4.79 Å². The van der Waals surface area contributed by atoms with E-state index >= 15 is 0 Å². The SMILES string of the molecule is COC(=O)[C@@H]1CC2(N)CC1C2. The van der Waals surface area contributed by atoms with Crippen molar-refractivity contribution in [3.63, 3.8) is 0 Å². The van der Waals surface area contributed by atoms with E-state index in [1.165, 1.54) is 7.11 Å². The average Bonchev–Trinajstić information content (AvgIpc) is 2.39. The van der Waals surface area contributed by atoms with Gasteiger partial charge in [0.1, 0.15) is 0 Å². The largest absolute Gasteiger partial charge is 0.469 e. The molecular weight excluding hydrogens is 142 g/mol. The Kier molecular flexibility index (Phi) is 1.27. The van der Waals surface area contributed by atoms with Crippen molar-refractivity contribution in [3.8, 4) is 0 Å². The van der Waals surface area contributed by atoms with Gasteiger partial charge in [0.25, 0.3) is 0 Å². The summed E-state index contributed by atoms with van der Waals surface area (Å²) >= 11 is 0. The molecule has 0 spiro atoms. The summed E-state index contributed by atoms with van der Waals surface area (Å²) in [6.07, 6.45) is 2.88. The lowest BCUT2D eigenvalue weighted by Crippen LogP contribution is -2.44. The van der Waals surface area contributed by atoms with E-state index < -0.39 is 0 Å². The molecule has 0 amide bonds. The molecule has 62 valence electrons. The Hall–Kier alpha value is -0.570. The van der Waals surface area contributed by atoms with Gasteiger partial charge in [-0.2, -0.15) is 0 Å². The lowest BCUT2D eigenvalue weighted by atomic mass is 9.77. The van der Waals surface area contributed by atoms with Crippen molar-refractivity contribution >= 4 is 5.97 Å². The number of carbonyl (C=O) groups is 1. The molecule has 0 radical (unpaired) electrons. The van der Waals surface area contributed by atoms with E-state index in [-0.39, 0.29) is 17.4 Å². The third kappa shape index (κ3) is 0.872. The Morgan fingerprint density at radius 1 is 1.55 bits per heavy atom. The molecule has 3 rings (SSSR count). The summed E-state index contributed by atoms with van der Waals surface area (Å²) in [6, 6.07) is 0. The topological polar surface area (TPSA) is 52.3 Å². The normalized spacial score (nSPS) is 46.7. The van der Waals surface area contributed by atoms with Crippen molar-refractivity contribution in [2.75, 3.05) is 7.11 Å². The van der Waals surface area contributed by atoms with E-state index in [0.717, 1.165) is 19.3 Å². The first kappa shape index (κ1) is 7.10. The molecule has 0 aliphatic heterocycles. The lowest BCUT2D eigenvalue weighted by Gasteiger charge is -2.34. The lowest BCUT2D eigenvalue weighted by molar-refractivity contribution is -0.146. The van der Waals surface area contributed by atoms with Gasteiger partial charge in [0.2, 0.25) is 0 Å². The van der Waals surface area contributed by atoms with Crippen LogP contribution in [-0.2, 0) is 9.53 Å². The minimum Gasteiger partial charge on any atom is -0.469 e. The van der Waals surface area contributed by atoms with Crippen molar-refractivity contribution in [2.45, 2.75) is 24.8 Å². The van der Waals surface area contributed by atoms with Gasteiger partial charge in [-0.25, -0.2) is 0 Å². The van der Waals surface area contributed by atoms with Gasteiger partial charge in [-0.15, -0.1) is 0 Å². The number of esters is 1. The molecular formula is C8H13NO2. The van der Waals surface area contributed by atoms with Crippen LogP contribution in [0.15, 0.2) is 0 Å². The van der Waals surface area contributed by atoms with Crippen LogP contribution in [0.25, 0.3) is 0 Å². The molecule has 3 nitrogen and oxygen atoms in total. The second kappa shape index (κ2) is 1.97. The smallest absolute Gasteiger partial charge is 0.309 e. The summed E-state index contributed by atoms with van der Waals surface area (Å²) in [5.41, 5.74) is 5.91. The fraction of sp³-hybridized carbons (Fsp3) is 0.875. The van der Waals surface area contributed by atoms with Crippen LogP contribution in [-0.4, -0.2) is 18.6 Å². The zero-order valence-electron chi connectivity index (χ0n) is 6.67. The van der Waals surface area contributed by atoms with E-state index in [4.69, 9.17) is 5.73 Å². The Labute approximate surface area is 65.9 Å². The van der Waals surface area contributed by atoms with E-state index in [1.807, 2.05) is 0 Å². The third-order valence-corrected chi connectivity index (χ3v) is 3.04. The first-order valence-corrected chi connectivity index (χ1v) is 4.01. The maximum atomic E-state index is 11.1. The highest BCUT2D eigenvalue weighted by Crippen LogP contribution is 2.54. The molecule has 2 bridgehead atoms. The number of nitrogens with two attached hydrogens (primary N) is 1. The van der Waals surface area contributed by atoms with Gasteiger partial charge in [0, 0.05) is 5.54 Å². The predicted octanol–water partition coefficient (Wildman–Crippen LogP) is 0.287. The number of ether oxygens (including phenoxy) is 1. The zero-order chi connectivity index (χ0) is 8.06. The molecule has 3 heteroatoms. The number of hydrogen-bond acceptors (Lipinski definition) is 3. The third-order valence-electron chi connectivity index (χ3n) is 3.04. The molecule has 0 saturated heterocycles. The molecule has 3 aliphatic rings. The predicted molar refractivity (Wildman–Crippen MR) is 39.8 cm³/mol. The number of rotatable bonds is 1. The Morgan fingerprint density at radius 2 is 2.18 bits per heavy atom. The van der Waals surface area contributed by atoms with E-state index in [1.54, 1.807) is 0 Å². The Morgan fingerprint density at radius 3 is 2.55 bits per heavy atom. The highest BCUT2D eigenvalue weighted by molar-refractivity contribution is 5.74. The van der Waals surface area contributed by atoms with Gasteiger partial charge in [-0.1, -0.05) is 0 Å². The first-order chi connectivity index (χ1) is 5.14. The highest BCUT2D eigenvalue weighted by atomic mass is 16.5. The molecule has 3 fully saturated rings.